The second-order valence-electron chi connectivity index (χ2n) is 5.84. The van der Waals surface area contributed by atoms with Crippen molar-refractivity contribution in [2.75, 3.05) is 26.1 Å². The highest BCUT2D eigenvalue weighted by atomic mass is 32.2. The Hall–Kier alpha value is -1.02. The third-order valence-corrected chi connectivity index (χ3v) is 6.09. The molecule has 0 aromatic heterocycles. The molecule has 1 aromatic rings. The third-order valence-electron chi connectivity index (χ3n) is 4.05. The normalized spacial score (nSPS) is 18.3. The SMILES string of the molecule is CO[C@@H](C)CS(=O)(=O)N(Cc1ccc(F)cc1)C1CCOCC1. The summed E-state index contributed by atoms with van der Waals surface area (Å²) in [4.78, 5) is 0. The Morgan fingerprint density at radius 2 is 1.91 bits per heavy atom. The fourth-order valence-corrected chi connectivity index (χ4v) is 4.59. The van der Waals surface area contributed by atoms with Gasteiger partial charge in [0.05, 0.1) is 11.9 Å². The van der Waals surface area contributed by atoms with Gasteiger partial charge in [-0.15, -0.1) is 0 Å². The van der Waals surface area contributed by atoms with Crippen LogP contribution in [0.4, 0.5) is 4.39 Å². The van der Waals surface area contributed by atoms with Crippen LogP contribution in [-0.4, -0.2) is 50.9 Å². The number of halogens is 1. The monoisotopic (exact) mass is 345 g/mol. The molecule has 1 aliphatic rings. The molecule has 23 heavy (non-hydrogen) atoms. The van der Waals surface area contributed by atoms with E-state index in [9.17, 15) is 12.8 Å². The van der Waals surface area contributed by atoms with Gasteiger partial charge in [-0.25, -0.2) is 12.8 Å². The van der Waals surface area contributed by atoms with Crippen LogP contribution in [0.2, 0.25) is 0 Å². The Kier molecular flexibility index (Phi) is 6.52. The zero-order valence-corrected chi connectivity index (χ0v) is 14.4. The van der Waals surface area contributed by atoms with Crippen molar-refractivity contribution >= 4 is 10.0 Å². The zero-order valence-electron chi connectivity index (χ0n) is 13.6. The molecule has 2 rings (SSSR count). The van der Waals surface area contributed by atoms with Crippen LogP contribution < -0.4 is 0 Å². The van der Waals surface area contributed by atoms with Gasteiger partial charge in [-0.1, -0.05) is 12.1 Å². The molecule has 5 nitrogen and oxygen atoms in total. The standard InChI is InChI=1S/C16H24FNO4S/c1-13(21-2)12-23(19,20)18(16-7-9-22-10-8-16)11-14-3-5-15(17)6-4-14/h3-6,13,16H,7-12H2,1-2H3/t13-/m0/s1. The highest BCUT2D eigenvalue weighted by Gasteiger charge is 2.32. The van der Waals surface area contributed by atoms with Gasteiger partial charge in [0.1, 0.15) is 5.82 Å². The lowest BCUT2D eigenvalue weighted by atomic mass is 10.1. The summed E-state index contributed by atoms with van der Waals surface area (Å²) in [5.74, 6) is -0.399. The van der Waals surface area contributed by atoms with Gasteiger partial charge in [-0.05, 0) is 37.5 Å². The van der Waals surface area contributed by atoms with Gasteiger partial charge in [-0.2, -0.15) is 4.31 Å². The van der Waals surface area contributed by atoms with Crippen molar-refractivity contribution in [3.63, 3.8) is 0 Å². The minimum absolute atomic E-state index is 0.0674. The third kappa shape index (κ3) is 5.24. The van der Waals surface area contributed by atoms with Crippen LogP contribution in [0.1, 0.15) is 25.3 Å². The van der Waals surface area contributed by atoms with Crippen LogP contribution in [0, 0.1) is 5.82 Å². The lowest BCUT2D eigenvalue weighted by molar-refractivity contribution is 0.0563. The second kappa shape index (κ2) is 8.19. The van der Waals surface area contributed by atoms with Gasteiger partial charge in [-0.3, -0.25) is 0 Å². The number of sulfonamides is 1. The summed E-state index contributed by atoms with van der Waals surface area (Å²) >= 11 is 0. The Morgan fingerprint density at radius 1 is 1.30 bits per heavy atom. The molecule has 0 amide bonds. The zero-order chi connectivity index (χ0) is 16.9. The smallest absolute Gasteiger partial charge is 0.217 e. The average molecular weight is 345 g/mol. The van der Waals surface area contributed by atoms with Crippen molar-refractivity contribution in [1.29, 1.82) is 0 Å². The molecule has 0 bridgehead atoms. The minimum Gasteiger partial charge on any atom is -0.381 e. The van der Waals surface area contributed by atoms with Crippen molar-refractivity contribution in [2.24, 2.45) is 0 Å². The van der Waals surface area contributed by atoms with E-state index in [1.807, 2.05) is 0 Å². The van der Waals surface area contributed by atoms with Gasteiger partial charge >= 0.3 is 0 Å². The second-order valence-corrected chi connectivity index (χ2v) is 7.81. The van der Waals surface area contributed by atoms with E-state index in [2.05, 4.69) is 0 Å². The van der Waals surface area contributed by atoms with E-state index in [1.165, 1.54) is 23.5 Å². The Labute approximate surface area is 137 Å². The highest BCUT2D eigenvalue weighted by molar-refractivity contribution is 7.89. The van der Waals surface area contributed by atoms with Crippen LogP contribution in [0.15, 0.2) is 24.3 Å². The predicted molar refractivity (Wildman–Crippen MR) is 86.0 cm³/mol. The van der Waals surface area contributed by atoms with Crippen LogP contribution in [-0.2, 0) is 26.0 Å². The molecule has 1 heterocycles. The van der Waals surface area contributed by atoms with E-state index in [-0.39, 0.29) is 30.3 Å². The first kappa shape index (κ1) is 18.3. The van der Waals surface area contributed by atoms with Crippen molar-refractivity contribution in [2.45, 2.75) is 38.5 Å². The summed E-state index contributed by atoms with van der Waals surface area (Å²) in [6, 6.07) is 5.85. The molecule has 0 radical (unpaired) electrons. The molecule has 1 atom stereocenters. The van der Waals surface area contributed by atoms with Gasteiger partial charge in [0.15, 0.2) is 0 Å². The van der Waals surface area contributed by atoms with E-state index in [1.54, 1.807) is 19.1 Å². The molecular formula is C16H24FNO4S. The lowest BCUT2D eigenvalue weighted by Gasteiger charge is -2.34. The maximum absolute atomic E-state index is 13.1. The molecule has 0 N–H and O–H groups in total. The van der Waals surface area contributed by atoms with Crippen LogP contribution >= 0.6 is 0 Å². The summed E-state index contributed by atoms with van der Waals surface area (Å²) in [5.41, 5.74) is 0.770. The molecule has 0 unspecified atom stereocenters. The first-order valence-corrected chi connectivity index (χ1v) is 9.38. The van der Waals surface area contributed by atoms with Crippen molar-refractivity contribution in [3.05, 3.63) is 35.6 Å². The minimum atomic E-state index is -3.48. The number of ether oxygens (including phenoxy) is 2. The molecule has 1 fully saturated rings. The first-order chi connectivity index (χ1) is 10.9. The number of hydrogen-bond acceptors (Lipinski definition) is 4. The van der Waals surface area contributed by atoms with Gasteiger partial charge in [0.2, 0.25) is 10.0 Å². The fraction of sp³-hybridized carbons (Fsp3) is 0.625. The fourth-order valence-electron chi connectivity index (χ4n) is 2.66. The highest BCUT2D eigenvalue weighted by Crippen LogP contribution is 2.22. The topological polar surface area (TPSA) is 55.8 Å². The van der Waals surface area contributed by atoms with Crippen LogP contribution in [0.5, 0.6) is 0 Å². The van der Waals surface area contributed by atoms with E-state index in [4.69, 9.17) is 9.47 Å². The van der Waals surface area contributed by atoms with Crippen LogP contribution in [0.3, 0.4) is 0 Å². The Balaban J connectivity index is 2.21. The molecular weight excluding hydrogens is 321 g/mol. The van der Waals surface area contributed by atoms with Crippen LogP contribution in [0.25, 0.3) is 0 Å². The maximum Gasteiger partial charge on any atom is 0.217 e. The molecule has 7 heteroatoms. The molecule has 0 saturated carbocycles. The average Bonchev–Trinajstić information content (AvgIpc) is 2.54. The summed E-state index contributed by atoms with van der Waals surface area (Å²) < 4.78 is 50.6. The van der Waals surface area contributed by atoms with Gasteiger partial charge < -0.3 is 9.47 Å². The lowest BCUT2D eigenvalue weighted by Crippen LogP contribution is -2.45. The summed E-state index contributed by atoms with van der Waals surface area (Å²) in [7, 11) is -1.98. The maximum atomic E-state index is 13.1. The first-order valence-electron chi connectivity index (χ1n) is 7.77. The summed E-state index contributed by atoms with van der Waals surface area (Å²) in [6.45, 7) is 3.08. The number of benzene rings is 1. The predicted octanol–water partition coefficient (Wildman–Crippen LogP) is 2.17. The van der Waals surface area contributed by atoms with Gasteiger partial charge in [0, 0.05) is 32.9 Å². The molecule has 1 aromatic carbocycles. The molecule has 130 valence electrons. The molecule has 1 aliphatic heterocycles. The quantitative estimate of drug-likeness (QED) is 0.760. The van der Waals surface area contributed by atoms with E-state index < -0.39 is 10.0 Å². The largest absolute Gasteiger partial charge is 0.381 e. The van der Waals surface area contributed by atoms with Gasteiger partial charge in [0.25, 0.3) is 0 Å². The number of rotatable bonds is 7. The van der Waals surface area contributed by atoms with Crippen molar-refractivity contribution < 1.29 is 22.3 Å². The number of hydrogen-bond donors (Lipinski definition) is 0. The summed E-state index contributed by atoms with van der Waals surface area (Å²) in [5, 5.41) is 0. The number of methoxy groups -OCH3 is 1. The van der Waals surface area contributed by atoms with E-state index in [0.717, 1.165) is 5.56 Å². The Bertz CT molecular complexity index is 585. The van der Waals surface area contributed by atoms with Crippen molar-refractivity contribution in [1.82, 2.24) is 4.31 Å². The van der Waals surface area contributed by atoms with E-state index >= 15 is 0 Å². The molecule has 1 saturated heterocycles. The molecule has 0 spiro atoms. The summed E-state index contributed by atoms with van der Waals surface area (Å²) in [6.07, 6.45) is 0.958. The molecule has 0 aliphatic carbocycles. The number of nitrogens with zero attached hydrogens (tertiary/aromatic N) is 1. The van der Waals surface area contributed by atoms with Crippen molar-refractivity contribution in [3.8, 4) is 0 Å². The van der Waals surface area contributed by atoms with E-state index in [0.29, 0.717) is 26.1 Å². The Morgan fingerprint density at radius 3 is 2.48 bits per heavy atom.